The molecule has 0 fully saturated rings. The van der Waals surface area contributed by atoms with Crippen LogP contribution in [0.2, 0.25) is 0 Å². The van der Waals surface area contributed by atoms with Crippen molar-refractivity contribution >= 4 is 27.8 Å². The first-order chi connectivity index (χ1) is 29.8. The van der Waals surface area contributed by atoms with Crippen LogP contribution in [0.5, 0.6) is 0 Å². The van der Waals surface area contributed by atoms with Crippen LogP contribution in [-0.4, -0.2) is 0 Å². The molecule has 0 spiro atoms. The number of benzene rings is 10. The van der Waals surface area contributed by atoms with E-state index in [0.717, 1.165) is 22.6 Å². The first kappa shape index (κ1) is 35.4. The van der Waals surface area contributed by atoms with Gasteiger partial charge in [0.05, 0.1) is 16.8 Å². The van der Waals surface area contributed by atoms with Crippen molar-refractivity contribution in [2.75, 3.05) is 4.90 Å². The topological polar surface area (TPSA) is 3.24 Å². The summed E-state index contributed by atoms with van der Waals surface area (Å²) >= 11 is 0. The van der Waals surface area contributed by atoms with Crippen LogP contribution >= 0.6 is 0 Å². The summed E-state index contributed by atoms with van der Waals surface area (Å²) < 4.78 is 0. The highest BCUT2D eigenvalue weighted by atomic mass is 15.1. The number of nitrogens with zero attached hydrogens (tertiary/aromatic N) is 1. The van der Waals surface area contributed by atoms with Crippen molar-refractivity contribution in [1.82, 2.24) is 0 Å². The number of fused-ring (bicyclic) bond motifs is 4. The van der Waals surface area contributed by atoms with Crippen LogP contribution in [0.15, 0.2) is 249 Å². The molecule has 282 valence electrons. The lowest BCUT2D eigenvalue weighted by molar-refractivity contribution is 0.768. The van der Waals surface area contributed by atoms with E-state index in [2.05, 4.69) is 254 Å². The molecular formula is C59H41N. The third-order valence-electron chi connectivity index (χ3n) is 12.4. The quantitative estimate of drug-likeness (QED) is 0.149. The second-order valence-electron chi connectivity index (χ2n) is 15.6. The predicted octanol–water partition coefficient (Wildman–Crippen LogP) is 15.7. The first-order valence-electron chi connectivity index (χ1n) is 20.8. The fourth-order valence-electron chi connectivity index (χ4n) is 9.80. The summed E-state index contributed by atoms with van der Waals surface area (Å²) in [5, 5.41) is 2.41. The van der Waals surface area contributed by atoms with Crippen molar-refractivity contribution < 1.29 is 0 Å². The van der Waals surface area contributed by atoms with Gasteiger partial charge in [0.15, 0.2) is 0 Å². The van der Waals surface area contributed by atoms with Crippen molar-refractivity contribution in [3.8, 4) is 44.5 Å². The van der Waals surface area contributed by atoms with Gasteiger partial charge >= 0.3 is 0 Å². The Labute approximate surface area is 352 Å². The lowest BCUT2D eigenvalue weighted by Gasteiger charge is -2.34. The second kappa shape index (κ2) is 14.9. The van der Waals surface area contributed by atoms with Crippen molar-refractivity contribution in [3.05, 3.63) is 271 Å². The third-order valence-corrected chi connectivity index (χ3v) is 12.4. The highest BCUT2D eigenvalue weighted by molar-refractivity contribution is 6.08. The molecule has 0 saturated carbocycles. The minimum Gasteiger partial charge on any atom is -0.309 e. The van der Waals surface area contributed by atoms with Gasteiger partial charge in [0.25, 0.3) is 0 Å². The zero-order chi connectivity index (χ0) is 39.9. The molecule has 10 aromatic rings. The van der Waals surface area contributed by atoms with E-state index in [1.807, 2.05) is 0 Å². The summed E-state index contributed by atoms with van der Waals surface area (Å²) in [5.74, 6) is 0. The molecule has 0 heterocycles. The van der Waals surface area contributed by atoms with Crippen molar-refractivity contribution in [3.63, 3.8) is 0 Å². The van der Waals surface area contributed by atoms with Gasteiger partial charge in [-0.05, 0) is 90.8 Å². The molecule has 0 radical (unpaired) electrons. The van der Waals surface area contributed by atoms with E-state index >= 15 is 0 Å². The van der Waals surface area contributed by atoms with Gasteiger partial charge in [-0.25, -0.2) is 0 Å². The largest absolute Gasteiger partial charge is 0.309 e. The summed E-state index contributed by atoms with van der Waals surface area (Å²) in [7, 11) is 0. The second-order valence-corrected chi connectivity index (χ2v) is 15.6. The Kier molecular flexibility index (Phi) is 8.79. The van der Waals surface area contributed by atoms with Crippen LogP contribution in [0, 0.1) is 0 Å². The lowest BCUT2D eigenvalue weighted by Crippen LogP contribution is -2.28. The summed E-state index contributed by atoms with van der Waals surface area (Å²) in [4.78, 5) is 2.49. The van der Waals surface area contributed by atoms with Crippen LogP contribution in [0.1, 0.15) is 22.3 Å². The maximum absolute atomic E-state index is 2.49. The molecule has 1 aliphatic carbocycles. The smallest absolute Gasteiger partial charge is 0.0713 e. The van der Waals surface area contributed by atoms with Gasteiger partial charge in [-0.3, -0.25) is 0 Å². The van der Waals surface area contributed by atoms with E-state index in [1.165, 1.54) is 72.0 Å². The molecule has 0 amide bonds. The average molecular weight is 764 g/mol. The lowest BCUT2D eigenvalue weighted by atomic mass is 9.67. The number of rotatable bonds is 8. The molecule has 0 aromatic heterocycles. The zero-order valence-corrected chi connectivity index (χ0v) is 33.1. The Hall–Kier alpha value is -7.74. The van der Waals surface area contributed by atoms with Gasteiger partial charge in [0, 0.05) is 16.6 Å². The number of anilines is 3. The molecule has 1 nitrogen and oxygen atoms in total. The third kappa shape index (κ3) is 5.70. The molecule has 0 bridgehead atoms. The van der Waals surface area contributed by atoms with Crippen LogP contribution in [0.4, 0.5) is 17.1 Å². The minimum atomic E-state index is -0.503. The van der Waals surface area contributed by atoms with Gasteiger partial charge < -0.3 is 4.90 Å². The van der Waals surface area contributed by atoms with Gasteiger partial charge in [0.1, 0.15) is 0 Å². The van der Waals surface area contributed by atoms with Gasteiger partial charge in [-0.1, -0.05) is 224 Å². The van der Waals surface area contributed by atoms with Gasteiger partial charge in [0.2, 0.25) is 0 Å². The van der Waals surface area contributed by atoms with E-state index in [9.17, 15) is 0 Å². The van der Waals surface area contributed by atoms with Crippen LogP contribution in [-0.2, 0) is 5.41 Å². The SMILES string of the molecule is c1ccc(-c2ccc(-c3cccc4c3-c3ccccc3C4(c3ccccc3)c3ccccc3)c(N(c3ccccc3)c3ccc(-c4ccccc4)c4ccccc34)c2)cc1. The Bertz CT molecular complexity index is 3080. The molecule has 0 atom stereocenters. The highest BCUT2D eigenvalue weighted by Crippen LogP contribution is 2.59. The van der Waals surface area contributed by atoms with E-state index in [4.69, 9.17) is 0 Å². The predicted molar refractivity (Wildman–Crippen MR) is 252 cm³/mol. The summed E-state index contributed by atoms with van der Waals surface area (Å²) in [6.07, 6.45) is 0. The molecule has 0 unspecified atom stereocenters. The summed E-state index contributed by atoms with van der Waals surface area (Å²) in [5.41, 5.74) is 17.6. The zero-order valence-electron chi connectivity index (χ0n) is 33.1. The molecule has 0 saturated heterocycles. The summed E-state index contributed by atoms with van der Waals surface area (Å²) in [6.45, 7) is 0. The number of hydrogen-bond donors (Lipinski definition) is 0. The standard InChI is InChI=1S/C59H41N/c1-6-21-42(22-7-1)44-37-38-51(52-34-20-36-55-58(52)53-33-18-19-35-54(53)59(55,45-25-10-3-11-26-45)46-27-12-4-13-28-46)57(41-44)60(47-29-14-5-15-30-47)56-40-39-48(43-23-8-2-9-24-43)49-31-16-17-32-50(49)56/h1-41H. The Morgan fingerprint density at radius 2 is 0.800 bits per heavy atom. The molecule has 60 heavy (non-hydrogen) atoms. The number of para-hydroxylation sites is 1. The van der Waals surface area contributed by atoms with Crippen LogP contribution in [0.3, 0.4) is 0 Å². The molecule has 0 aliphatic heterocycles. The average Bonchev–Trinajstić information content (AvgIpc) is 3.64. The van der Waals surface area contributed by atoms with Crippen molar-refractivity contribution in [2.24, 2.45) is 0 Å². The minimum absolute atomic E-state index is 0.503. The van der Waals surface area contributed by atoms with Crippen LogP contribution in [0.25, 0.3) is 55.3 Å². The van der Waals surface area contributed by atoms with Crippen LogP contribution < -0.4 is 4.90 Å². The fraction of sp³-hybridized carbons (Fsp3) is 0.0169. The Balaban J connectivity index is 1.23. The summed E-state index contributed by atoms with van der Waals surface area (Å²) in [6, 6.07) is 91.1. The molecular weight excluding hydrogens is 723 g/mol. The Morgan fingerprint density at radius 3 is 1.48 bits per heavy atom. The molecule has 10 aromatic carbocycles. The van der Waals surface area contributed by atoms with Gasteiger partial charge in [-0.2, -0.15) is 0 Å². The van der Waals surface area contributed by atoms with E-state index < -0.39 is 5.41 Å². The molecule has 0 N–H and O–H groups in total. The van der Waals surface area contributed by atoms with Crippen molar-refractivity contribution in [1.29, 1.82) is 0 Å². The number of hydrogen-bond acceptors (Lipinski definition) is 1. The molecule has 1 heteroatoms. The van der Waals surface area contributed by atoms with E-state index in [0.29, 0.717) is 0 Å². The van der Waals surface area contributed by atoms with Gasteiger partial charge in [-0.15, -0.1) is 0 Å². The maximum Gasteiger partial charge on any atom is 0.0713 e. The Morgan fingerprint density at radius 1 is 0.283 bits per heavy atom. The fourth-order valence-corrected chi connectivity index (χ4v) is 9.80. The molecule has 1 aliphatic rings. The first-order valence-corrected chi connectivity index (χ1v) is 20.8. The molecule has 11 rings (SSSR count). The van der Waals surface area contributed by atoms with E-state index in [1.54, 1.807) is 0 Å². The van der Waals surface area contributed by atoms with E-state index in [-0.39, 0.29) is 0 Å². The van der Waals surface area contributed by atoms with Crippen molar-refractivity contribution in [2.45, 2.75) is 5.41 Å². The highest BCUT2D eigenvalue weighted by Gasteiger charge is 2.47. The monoisotopic (exact) mass is 763 g/mol. The normalized spacial score (nSPS) is 12.5. The maximum atomic E-state index is 2.49.